The number of hydrogen-bond acceptors (Lipinski definition) is 3. The SMILES string of the molecule is [C-]#[N+]c1ccc2[nH]cc(CCCCN3CCN(c4ccc(N5CCCNC5=O)cc4)CC3)c2c1. The summed E-state index contributed by atoms with van der Waals surface area (Å²) in [6.45, 7) is 14.2. The molecule has 2 aromatic carbocycles. The number of nitrogens with one attached hydrogen (secondary N) is 2. The normalized spacial score (nSPS) is 17.1. The van der Waals surface area contributed by atoms with Crippen LogP contribution in [0.3, 0.4) is 0 Å². The third-order valence-corrected chi connectivity index (χ3v) is 7.03. The number of aryl methyl sites for hydroxylation is 1. The Morgan fingerprint density at radius 3 is 2.50 bits per heavy atom. The van der Waals surface area contributed by atoms with Crippen molar-refractivity contribution < 1.29 is 4.79 Å². The molecule has 176 valence electrons. The molecule has 2 aliphatic rings. The number of hydrogen-bond donors (Lipinski definition) is 2. The number of anilines is 2. The van der Waals surface area contributed by atoms with Crippen LogP contribution in [0.15, 0.2) is 48.7 Å². The van der Waals surface area contributed by atoms with E-state index in [-0.39, 0.29) is 6.03 Å². The number of urea groups is 1. The second kappa shape index (κ2) is 10.2. The third-order valence-electron chi connectivity index (χ3n) is 7.03. The predicted molar refractivity (Wildman–Crippen MR) is 138 cm³/mol. The second-order valence-corrected chi connectivity index (χ2v) is 9.19. The molecule has 7 heteroatoms. The van der Waals surface area contributed by atoms with Crippen molar-refractivity contribution in [1.82, 2.24) is 15.2 Å². The van der Waals surface area contributed by atoms with Gasteiger partial charge in [0.15, 0.2) is 5.69 Å². The number of rotatable bonds is 7. The van der Waals surface area contributed by atoms with Gasteiger partial charge in [-0.15, -0.1) is 0 Å². The lowest BCUT2D eigenvalue weighted by atomic mass is 10.1. The molecule has 2 amide bonds. The van der Waals surface area contributed by atoms with Gasteiger partial charge >= 0.3 is 6.03 Å². The van der Waals surface area contributed by atoms with Gasteiger partial charge in [0.2, 0.25) is 0 Å². The van der Waals surface area contributed by atoms with Gasteiger partial charge in [-0.1, -0.05) is 6.07 Å². The first kappa shape index (κ1) is 22.3. The van der Waals surface area contributed by atoms with Gasteiger partial charge in [-0.2, -0.15) is 0 Å². The van der Waals surface area contributed by atoms with Crippen LogP contribution in [0.5, 0.6) is 0 Å². The molecule has 2 N–H and O–H groups in total. The standard InChI is InChI=1S/C27H32N6O/c1-28-22-6-11-26-25(19-22)21(20-30-26)5-2-3-13-31-15-17-32(18-16-31)23-7-9-24(10-8-23)33-14-4-12-29-27(33)34/h6-11,19-20,30H,2-5,12-18H2,(H,29,34). The van der Waals surface area contributed by atoms with Crippen molar-refractivity contribution in [1.29, 1.82) is 0 Å². The number of nitrogens with zero attached hydrogens (tertiary/aromatic N) is 4. The van der Waals surface area contributed by atoms with Gasteiger partial charge in [0.1, 0.15) is 0 Å². The number of aromatic amines is 1. The largest absolute Gasteiger partial charge is 0.369 e. The molecule has 1 aromatic heterocycles. The highest BCUT2D eigenvalue weighted by Crippen LogP contribution is 2.26. The average Bonchev–Trinajstić information content (AvgIpc) is 3.29. The van der Waals surface area contributed by atoms with Crippen molar-refractivity contribution in [3.05, 3.63) is 65.6 Å². The first-order valence-electron chi connectivity index (χ1n) is 12.3. The number of amides is 2. The highest BCUT2D eigenvalue weighted by molar-refractivity contribution is 5.92. The maximum Gasteiger partial charge on any atom is 0.321 e. The fourth-order valence-corrected chi connectivity index (χ4v) is 5.04. The lowest BCUT2D eigenvalue weighted by Gasteiger charge is -2.36. The van der Waals surface area contributed by atoms with Crippen molar-refractivity contribution >= 4 is 34.0 Å². The van der Waals surface area contributed by atoms with Crippen molar-refractivity contribution in [3.63, 3.8) is 0 Å². The van der Waals surface area contributed by atoms with Gasteiger partial charge in [0.05, 0.1) is 6.57 Å². The van der Waals surface area contributed by atoms with Crippen LogP contribution in [-0.4, -0.2) is 61.7 Å². The molecule has 3 heterocycles. The summed E-state index contributed by atoms with van der Waals surface area (Å²) in [7, 11) is 0. The van der Waals surface area contributed by atoms with Crippen LogP contribution in [0, 0.1) is 6.57 Å². The minimum atomic E-state index is 0.00503. The fraction of sp³-hybridized carbons (Fsp3) is 0.407. The van der Waals surface area contributed by atoms with E-state index in [2.05, 4.69) is 55.4 Å². The zero-order chi connectivity index (χ0) is 23.3. The Hall–Kier alpha value is -3.50. The summed E-state index contributed by atoms with van der Waals surface area (Å²) in [5.41, 5.74) is 5.35. The Labute approximate surface area is 201 Å². The van der Waals surface area contributed by atoms with Crippen LogP contribution in [0.2, 0.25) is 0 Å². The maximum absolute atomic E-state index is 12.1. The molecule has 0 bridgehead atoms. The van der Waals surface area contributed by atoms with E-state index in [1.165, 1.54) is 23.1 Å². The number of aromatic nitrogens is 1. The monoisotopic (exact) mass is 456 g/mol. The summed E-state index contributed by atoms with van der Waals surface area (Å²) >= 11 is 0. The number of carbonyl (C=O) groups is 1. The van der Waals surface area contributed by atoms with Gasteiger partial charge in [0, 0.05) is 62.4 Å². The molecular formula is C27H32N6O. The van der Waals surface area contributed by atoms with E-state index in [0.29, 0.717) is 5.69 Å². The fourth-order valence-electron chi connectivity index (χ4n) is 5.04. The zero-order valence-corrected chi connectivity index (χ0v) is 19.6. The van der Waals surface area contributed by atoms with E-state index < -0.39 is 0 Å². The molecule has 0 spiro atoms. The highest BCUT2D eigenvalue weighted by Gasteiger charge is 2.20. The Morgan fingerprint density at radius 2 is 1.74 bits per heavy atom. The molecule has 2 fully saturated rings. The number of fused-ring (bicyclic) bond motifs is 1. The van der Waals surface area contributed by atoms with Gasteiger partial charge in [-0.25, -0.2) is 9.64 Å². The van der Waals surface area contributed by atoms with Crippen LogP contribution in [0.25, 0.3) is 15.7 Å². The van der Waals surface area contributed by atoms with E-state index in [1.54, 1.807) is 0 Å². The third kappa shape index (κ3) is 4.87. The van der Waals surface area contributed by atoms with Crippen LogP contribution in [0.1, 0.15) is 24.8 Å². The van der Waals surface area contributed by atoms with Crippen molar-refractivity contribution in [3.8, 4) is 0 Å². The molecule has 5 rings (SSSR count). The summed E-state index contributed by atoms with van der Waals surface area (Å²) in [6, 6.07) is 14.3. The van der Waals surface area contributed by atoms with Crippen molar-refractivity contribution in [2.75, 3.05) is 55.6 Å². The predicted octanol–water partition coefficient (Wildman–Crippen LogP) is 4.78. The lowest BCUT2D eigenvalue weighted by molar-refractivity contribution is 0.243. The smallest absolute Gasteiger partial charge is 0.321 e. The Bertz CT molecular complexity index is 1170. The van der Waals surface area contributed by atoms with Gasteiger partial charge in [0.25, 0.3) is 0 Å². The molecule has 0 atom stereocenters. The molecule has 34 heavy (non-hydrogen) atoms. The number of unbranched alkanes of at least 4 members (excludes halogenated alkanes) is 1. The number of H-pyrrole nitrogens is 1. The van der Waals surface area contributed by atoms with Crippen LogP contribution < -0.4 is 15.1 Å². The summed E-state index contributed by atoms with van der Waals surface area (Å²) in [6.07, 6.45) is 6.46. The summed E-state index contributed by atoms with van der Waals surface area (Å²) in [5.74, 6) is 0. The topological polar surface area (TPSA) is 59.0 Å². The highest BCUT2D eigenvalue weighted by atomic mass is 16.2. The van der Waals surface area contributed by atoms with Gasteiger partial charge < -0.3 is 15.2 Å². The van der Waals surface area contributed by atoms with Crippen molar-refractivity contribution in [2.45, 2.75) is 25.7 Å². The number of benzene rings is 2. The van der Waals surface area contributed by atoms with Crippen LogP contribution in [0.4, 0.5) is 21.9 Å². The van der Waals surface area contributed by atoms with Gasteiger partial charge in [-0.05, 0) is 79.6 Å². The molecule has 7 nitrogen and oxygen atoms in total. The van der Waals surface area contributed by atoms with E-state index in [9.17, 15) is 4.79 Å². The van der Waals surface area contributed by atoms with Crippen molar-refractivity contribution in [2.24, 2.45) is 0 Å². The van der Waals surface area contributed by atoms with E-state index in [0.717, 1.165) is 76.3 Å². The lowest BCUT2D eigenvalue weighted by Crippen LogP contribution is -2.47. The number of piperazine rings is 1. The summed E-state index contributed by atoms with van der Waals surface area (Å²) in [4.78, 5) is 25.8. The Balaban J connectivity index is 1.06. The second-order valence-electron chi connectivity index (χ2n) is 9.19. The zero-order valence-electron chi connectivity index (χ0n) is 19.6. The van der Waals surface area contributed by atoms with E-state index in [1.807, 2.05) is 23.1 Å². The molecule has 2 aliphatic heterocycles. The van der Waals surface area contributed by atoms with Crippen LogP contribution >= 0.6 is 0 Å². The quantitative estimate of drug-likeness (QED) is 0.397. The molecule has 0 aliphatic carbocycles. The van der Waals surface area contributed by atoms with Gasteiger partial charge in [-0.3, -0.25) is 9.80 Å². The molecule has 0 radical (unpaired) electrons. The molecule has 2 saturated heterocycles. The Kier molecular flexibility index (Phi) is 6.68. The molecule has 0 saturated carbocycles. The molecule has 0 unspecified atom stereocenters. The Morgan fingerprint density at radius 1 is 0.941 bits per heavy atom. The van der Waals surface area contributed by atoms with Crippen LogP contribution in [-0.2, 0) is 6.42 Å². The van der Waals surface area contributed by atoms with E-state index in [4.69, 9.17) is 6.57 Å². The maximum atomic E-state index is 12.1. The molecule has 3 aromatic rings. The average molecular weight is 457 g/mol. The summed E-state index contributed by atoms with van der Waals surface area (Å²) in [5, 5.41) is 4.10. The molecular weight excluding hydrogens is 424 g/mol. The first-order valence-corrected chi connectivity index (χ1v) is 12.3. The van der Waals surface area contributed by atoms with E-state index >= 15 is 0 Å². The number of carbonyl (C=O) groups excluding carboxylic acids is 1. The minimum Gasteiger partial charge on any atom is -0.369 e. The summed E-state index contributed by atoms with van der Waals surface area (Å²) < 4.78 is 0. The first-order chi connectivity index (χ1) is 16.7. The minimum absolute atomic E-state index is 0.00503.